The number of likely N-dealkylation sites (N-methyl/N-ethyl adjacent to an activating group) is 1. The summed E-state index contributed by atoms with van der Waals surface area (Å²) >= 11 is 0. The molecule has 0 bridgehead atoms. The second kappa shape index (κ2) is 8.15. The lowest BCUT2D eigenvalue weighted by Crippen LogP contribution is -2.44. The minimum atomic E-state index is 0.0673. The van der Waals surface area contributed by atoms with Gasteiger partial charge in [0.2, 0.25) is 5.91 Å². The van der Waals surface area contributed by atoms with Crippen molar-refractivity contribution in [1.29, 1.82) is 0 Å². The van der Waals surface area contributed by atoms with Gasteiger partial charge in [0.25, 0.3) is 0 Å². The number of likely N-dealkylation sites (tertiary alicyclic amines) is 1. The standard InChI is InChI=1S/C17H27N3O/c1-2-20(17(21)11-18)14-16-9-6-10-19(13-16)12-15-7-4-3-5-8-15/h3-5,7-8,16H,2,6,9-14,18H2,1H3/t16-/m1/s1. The van der Waals surface area contributed by atoms with E-state index in [-0.39, 0.29) is 12.5 Å². The van der Waals surface area contributed by atoms with E-state index >= 15 is 0 Å². The number of carbonyl (C=O) groups excluding carboxylic acids is 1. The Hall–Kier alpha value is -1.39. The van der Waals surface area contributed by atoms with Crippen molar-refractivity contribution in [3.05, 3.63) is 35.9 Å². The zero-order chi connectivity index (χ0) is 15.1. The van der Waals surface area contributed by atoms with Crippen LogP contribution in [0.2, 0.25) is 0 Å². The van der Waals surface area contributed by atoms with Crippen LogP contribution in [0.4, 0.5) is 0 Å². The smallest absolute Gasteiger partial charge is 0.236 e. The van der Waals surface area contributed by atoms with Crippen LogP contribution in [-0.4, -0.2) is 48.4 Å². The molecule has 4 nitrogen and oxygen atoms in total. The largest absolute Gasteiger partial charge is 0.342 e. The summed E-state index contributed by atoms with van der Waals surface area (Å²) in [6, 6.07) is 10.6. The number of piperidine rings is 1. The molecule has 1 saturated heterocycles. The molecule has 21 heavy (non-hydrogen) atoms. The molecule has 1 aliphatic rings. The lowest BCUT2D eigenvalue weighted by atomic mass is 9.97. The fourth-order valence-electron chi connectivity index (χ4n) is 3.13. The van der Waals surface area contributed by atoms with Crippen LogP contribution in [0.5, 0.6) is 0 Å². The molecule has 1 aliphatic heterocycles. The van der Waals surface area contributed by atoms with Gasteiger partial charge in [-0.1, -0.05) is 30.3 Å². The summed E-state index contributed by atoms with van der Waals surface area (Å²) in [5.74, 6) is 0.635. The minimum Gasteiger partial charge on any atom is -0.342 e. The molecule has 0 aliphatic carbocycles. The number of hydrogen-bond donors (Lipinski definition) is 1. The third kappa shape index (κ3) is 4.83. The molecular weight excluding hydrogens is 262 g/mol. The van der Waals surface area contributed by atoms with E-state index in [1.807, 2.05) is 11.8 Å². The zero-order valence-electron chi connectivity index (χ0n) is 13.0. The maximum Gasteiger partial charge on any atom is 0.236 e. The van der Waals surface area contributed by atoms with Crippen molar-refractivity contribution < 1.29 is 4.79 Å². The molecule has 1 atom stereocenters. The summed E-state index contributed by atoms with van der Waals surface area (Å²) < 4.78 is 0. The second-order valence-electron chi connectivity index (χ2n) is 5.87. The van der Waals surface area contributed by atoms with Crippen molar-refractivity contribution in [2.24, 2.45) is 11.7 Å². The summed E-state index contributed by atoms with van der Waals surface area (Å²) in [5.41, 5.74) is 6.85. The lowest BCUT2D eigenvalue weighted by molar-refractivity contribution is -0.130. The number of rotatable bonds is 6. The van der Waals surface area contributed by atoms with Gasteiger partial charge >= 0.3 is 0 Å². The second-order valence-corrected chi connectivity index (χ2v) is 5.87. The Morgan fingerprint density at radius 2 is 2.14 bits per heavy atom. The number of nitrogens with zero attached hydrogens (tertiary/aromatic N) is 2. The highest BCUT2D eigenvalue weighted by Gasteiger charge is 2.23. The zero-order valence-corrected chi connectivity index (χ0v) is 13.0. The third-order valence-electron chi connectivity index (χ3n) is 4.24. The highest BCUT2D eigenvalue weighted by atomic mass is 16.2. The molecule has 0 saturated carbocycles. The minimum absolute atomic E-state index is 0.0673. The first-order chi connectivity index (χ1) is 10.2. The monoisotopic (exact) mass is 289 g/mol. The summed E-state index contributed by atoms with van der Waals surface area (Å²) in [7, 11) is 0. The number of carbonyl (C=O) groups is 1. The van der Waals surface area contributed by atoms with Crippen molar-refractivity contribution in [1.82, 2.24) is 9.80 Å². The van der Waals surface area contributed by atoms with Crippen molar-refractivity contribution >= 4 is 5.91 Å². The molecule has 0 spiro atoms. The van der Waals surface area contributed by atoms with Gasteiger partial charge in [0, 0.05) is 26.2 Å². The van der Waals surface area contributed by atoms with Crippen LogP contribution in [0, 0.1) is 5.92 Å². The van der Waals surface area contributed by atoms with Gasteiger partial charge in [0.05, 0.1) is 6.54 Å². The molecule has 2 N–H and O–H groups in total. The van der Waals surface area contributed by atoms with E-state index in [0.717, 1.165) is 32.7 Å². The van der Waals surface area contributed by atoms with Gasteiger partial charge < -0.3 is 10.6 Å². The van der Waals surface area contributed by atoms with E-state index in [4.69, 9.17) is 5.73 Å². The molecule has 2 rings (SSSR count). The number of hydrogen-bond acceptors (Lipinski definition) is 3. The first-order valence-corrected chi connectivity index (χ1v) is 7.97. The fraction of sp³-hybridized carbons (Fsp3) is 0.588. The van der Waals surface area contributed by atoms with Crippen LogP contribution >= 0.6 is 0 Å². The van der Waals surface area contributed by atoms with Gasteiger partial charge in [-0.15, -0.1) is 0 Å². The maximum absolute atomic E-state index is 11.8. The molecule has 4 heteroatoms. The van der Waals surface area contributed by atoms with Crippen LogP contribution in [0.25, 0.3) is 0 Å². The maximum atomic E-state index is 11.8. The summed E-state index contributed by atoms with van der Waals surface area (Å²) in [5, 5.41) is 0. The lowest BCUT2D eigenvalue weighted by Gasteiger charge is -2.35. The number of benzene rings is 1. The molecule has 116 valence electrons. The Balaban J connectivity index is 1.87. The number of nitrogens with two attached hydrogens (primary N) is 1. The molecular formula is C17H27N3O. The predicted octanol–water partition coefficient (Wildman–Crippen LogP) is 1.71. The fourth-order valence-corrected chi connectivity index (χ4v) is 3.13. The first-order valence-electron chi connectivity index (χ1n) is 7.97. The van der Waals surface area contributed by atoms with Crippen LogP contribution < -0.4 is 5.73 Å². The number of amides is 1. The Morgan fingerprint density at radius 1 is 1.38 bits per heavy atom. The van der Waals surface area contributed by atoms with Gasteiger partial charge in [-0.05, 0) is 37.8 Å². The van der Waals surface area contributed by atoms with E-state index in [2.05, 4.69) is 35.2 Å². The van der Waals surface area contributed by atoms with Crippen molar-refractivity contribution in [2.75, 3.05) is 32.7 Å². The Morgan fingerprint density at radius 3 is 2.81 bits per heavy atom. The Bertz CT molecular complexity index is 435. The average molecular weight is 289 g/mol. The van der Waals surface area contributed by atoms with Crippen LogP contribution in [0.1, 0.15) is 25.3 Å². The van der Waals surface area contributed by atoms with Gasteiger partial charge in [0.15, 0.2) is 0 Å². The van der Waals surface area contributed by atoms with Gasteiger partial charge in [-0.25, -0.2) is 0 Å². The SMILES string of the molecule is CCN(C[C@@H]1CCCN(Cc2ccccc2)C1)C(=O)CN. The van der Waals surface area contributed by atoms with Crippen molar-refractivity contribution in [3.63, 3.8) is 0 Å². The van der Waals surface area contributed by atoms with E-state index < -0.39 is 0 Å². The molecule has 1 heterocycles. The van der Waals surface area contributed by atoms with E-state index in [1.54, 1.807) is 0 Å². The molecule has 1 aromatic rings. The van der Waals surface area contributed by atoms with Crippen molar-refractivity contribution in [2.45, 2.75) is 26.3 Å². The molecule has 0 radical (unpaired) electrons. The summed E-state index contributed by atoms with van der Waals surface area (Å²) in [6.07, 6.45) is 2.42. The highest BCUT2D eigenvalue weighted by Crippen LogP contribution is 2.19. The molecule has 0 unspecified atom stereocenters. The first kappa shape index (κ1) is 16.0. The van der Waals surface area contributed by atoms with Crippen LogP contribution in [0.3, 0.4) is 0 Å². The van der Waals surface area contributed by atoms with E-state index in [1.165, 1.54) is 18.4 Å². The average Bonchev–Trinajstić information content (AvgIpc) is 2.53. The topological polar surface area (TPSA) is 49.6 Å². The van der Waals surface area contributed by atoms with Gasteiger partial charge in [-0.3, -0.25) is 9.69 Å². The molecule has 1 aromatic carbocycles. The van der Waals surface area contributed by atoms with Crippen LogP contribution in [0.15, 0.2) is 30.3 Å². The quantitative estimate of drug-likeness (QED) is 0.867. The highest BCUT2D eigenvalue weighted by molar-refractivity contribution is 5.77. The van der Waals surface area contributed by atoms with Crippen molar-refractivity contribution in [3.8, 4) is 0 Å². The molecule has 1 amide bonds. The Kier molecular flexibility index (Phi) is 6.21. The van der Waals surface area contributed by atoms with E-state index in [0.29, 0.717) is 5.92 Å². The van der Waals surface area contributed by atoms with Crippen LogP contribution in [-0.2, 0) is 11.3 Å². The normalized spacial score (nSPS) is 19.4. The molecule has 1 fully saturated rings. The predicted molar refractivity (Wildman–Crippen MR) is 85.8 cm³/mol. The van der Waals surface area contributed by atoms with Gasteiger partial charge in [-0.2, -0.15) is 0 Å². The summed E-state index contributed by atoms with van der Waals surface area (Å²) in [4.78, 5) is 16.2. The molecule has 0 aromatic heterocycles. The summed E-state index contributed by atoms with van der Waals surface area (Å²) in [6.45, 7) is 6.98. The van der Waals surface area contributed by atoms with Gasteiger partial charge in [0.1, 0.15) is 0 Å². The third-order valence-corrected chi connectivity index (χ3v) is 4.24. The van der Waals surface area contributed by atoms with E-state index in [9.17, 15) is 4.79 Å². The Labute approximate surface area is 127 Å².